The number of carbonyl (C=O) groups excluding carboxylic acids is 2. The first kappa shape index (κ1) is 37.3. The van der Waals surface area contributed by atoms with Crippen LogP contribution in [0.1, 0.15) is 111 Å². The number of β-amino-alcohol motifs (C(OH)–C–C–N with tert-alkyl or cyclic N) is 1. The molecule has 41 heavy (non-hydrogen) atoms. The second kappa shape index (κ2) is 21.9. The van der Waals surface area contributed by atoms with Crippen LogP contribution in [-0.4, -0.2) is 71.9 Å². The van der Waals surface area contributed by atoms with Gasteiger partial charge in [0.25, 0.3) is 5.91 Å². The zero-order valence-corrected chi connectivity index (χ0v) is 26.4. The number of amides is 1. The highest BCUT2D eigenvalue weighted by Gasteiger charge is 2.27. The minimum atomic E-state index is -1.14. The number of nitrogens with one attached hydrogen (secondary N) is 1. The first-order valence-electron chi connectivity index (χ1n) is 16.0. The number of esters is 1. The maximum absolute atomic E-state index is 12.8. The van der Waals surface area contributed by atoms with Gasteiger partial charge < -0.3 is 30.1 Å². The molecule has 0 fully saturated rings. The minimum Gasteiger partial charge on any atom is -0.452 e. The Balaban J connectivity index is 2.94. The molecule has 8 nitrogen and oxygen atoms in total. The molecular formula is C33H59NO7. The summed E-state index contributed by atoms with van der Waals surface area (Å²) in [6, 6.07) is 0. The molecule has 1 amide bonds. The number of hydrogen-bond acceptors (Lipinski definition) is 7. The Bertz CT molecular complexity index is 784. The van der Waals surface area contributed by atoms with Crippen molar-refractivity contribution in [1.82, 2.24) is 5.32 Å². The molecule has 0 bridgehead atoms. The summed E-state index contributed by atoms with van der Waals surface area (Å²) in [6.07, 6.45) is 12.8. The van der Waals surface area contributed by atoms with E-state index >= 15 is 0 Å². The quantitative estimate of drug-likeness (QED) is 0.327. The van der Waals surface area contributed by atoms with Gasteiger partial charge in [0.2, 0.25) is 0 Å². The second-order valence-electron chi connectivity index (χ2n) is 12.1. The molecule has 0 aromatic heterocycles. The number of hydrogen-bond donors (Lipinski definition) is 4. The van der Waals surface area contributed by atoms with Crippen LogP contribution in [0.3, 0.4) is 0 Å². The fourth-order valence-corrected chi connectivity index (χ4v) is 5.38. The Hall–Kier alpha value is -1.74. The predicted molar refractivity (Wildman–Crippen MR) is 163 cm³/mol. The lowest BCUT2D eigenvalue weighted by Crippen LogP contribution is -2.43. The molecule has 1 heterocycles. The van der Waals surface area contributed by atoms with E-state index in [2.05, 4.69) is 31.3 Å². The van der Waals surface area contributed by atoms with Crippen molar-refractivity contribution in [2.45, 2.75) is 136 Å². The third-order valence-electron chi connectivity index (χ3n) is 8.08. The fraction of sp³-hybridized carbons (Fsp3) is 0.818. The van der Waals surface area contributed by atoms with Gasteiger partial charge in [0.1, 0.15) is 0 Å². The Morgan fingerprint density at radius 3 is 2.34 bits per heavy atom. The van der Waals surface area contributed by atoms with Crippen LogP contribution < -0.4 is 5.32 Å². The first-order chi connectivity index (χ1) is 19.6. The second-order valence-corrected chi connectivity index (χ2v) is 12.1. The highest BCUT2D eigenvalue weighted by Crippen LogP contribution is 2.22. The van der Waals surface area contributed by atoms with Gasteiger partial charge in [-0.3, -0.25) is 9.59 Å². The molecule has 0 spiro atoms. The number of methoxy groups -OCH3 is 1. The monoisotopic (exact) mass is 581 g/mol. The van der Waals surface area contributed by atoms with Crippen molar-refractivity contribution in [2.24, 2.45) is 17.8 Å². The molecule has 1 aliphatic rings. The summed E-state index contributed by atoms with van der Waals surface area (Å²) in [6.45, 7) is 8.50. The van der Waals surface area contributed by atoms with E-state index in [0.29, 0.717) is 44.1 Å². The molecule has 7 atom stereocenters. The van der Waals surface area contributed by atoms with Crippen LogP contribution in [0.15, 0.2) is 23.8 Å². The zero-order chi connectivity index (χ0) is 30.6. The summed E-state index contributed by atoms with van der Waals surface area (Å²) >= 11 is 0. The van der Waals surface area contributed by atoms with E-state index in [1.807, 2.05) is 19.9 Å². The highest BCUT2D eigenvalue weighted by molar-refractivity contribution is 5.84. The number of aliphatic hydroxyl groups excluding tert-OH is 3. The maximum atomic E-state index is 12.8. The van der Waals surface area contributed by atoms with Gasteiger partial charge in [-0.05, 0) is 55.9 Å². The van der Waals surface area contributed by atoms with Crippen LogP contribution in [0.25, 0.3) is 0 Å². The van der Waals surface area contributed by atoms with Crippen LogP contribution in [0.5, 0.6) is 0 Å². The Morgan fingerprint density at radius 1 is 0.976 bits per heavy atom. The van der Waals surface area contributed by atoms with Gasteiger partial charge in [-0.15, -0.1) is 0 Å². The topological polar surface area (TPSA) is 125 Å². The maximum Gasteiger partial charge on any atom is 0.309 e. The van der Waals surface area contributed by atoms with Crippen molar-refractivity contribution in [3.8, 4) is 0 Å². The molecule has 8 heteroatoms. The number of carbonyl (C=O) groups is 2. The van der Waals surface area contributed by atoms with Crippen molar-refractivity contribution in [2.75, 3.05) is 20.3 Å². The van der Waals surface area contributed by atoms with E-state index < -0.39 is 30.3 Å². The molecule has 0 radical (unpaired) electrons. The van der Waals surface area contributed by atoms with Crippen LogP contribution >= 0.6 is 0 Å². The van der Waals surface area contributed by atoms with Crippen LogP contribution in [0, 0.1) is 17.8 Å². The predicted octanol–water partition coefficient (Wildman–Crippen LogP) is 5.24. The number of rotatable bonds is 5. The minimum absolute atomic E-state index is 0.0873. The van der Waals surface area contributed by atoms with E-state index in [0.717, 1.165) is 37.7 Å². The molecule has 0 saturated carbocycles. The van der Waals surface area contributed by atoms with Gasteiger partial charge >= 0.3 is 5.97 Å². The molecular weight excluding hydrogens is 522 g/mol. The lowest BCUT2D eigenvalue weighted by Gasteiger charge is -2.23. The third kappa shape index (κ3) is 16.5. The van der Waals surface area contributed by atoms with E-state index in [-0.39, 0.29) is 24.9 Å². The summed E-state index contributed by atoms with van der Waals surface area (Å²) < 4.78 is 10.9. The molecule has 1 unspecified atom stereocenters. The van der Waals surface area contributed by atoms with Gasteiger partial charge in [0.05, 0.1) is 30.8 Å². The molecule has 1 aliphatic heterocycles. The average molecular weight is 582 g/mol. The molecule has 0 aliphatic carbocycles. The van der Waals surface area contributed by atoms with Crippen molar-refractivity contribution in [3.05, 3.63) is 23.8 Å². The molecule has 4 N–H and O–H groups in total. The first-order valence-corrected chi connectivity index (χ1v) is 16.0. The van der Waals surface area contributed by atoms with Gasteiger partial charge in [-0.25, -0.2) is 0 Å². The van der Waals surface area contributed by atoms with Gasteiger partial charge in [-0.1, -0.05) is 84.4 Å². The fourth-order valence-electron chi connectivity index (χ4n) is 5.38. The summed E-state index contributed by atoms with van der Waals surface area (Å²) in [4.78, 5) is 25.6. The third-order valence-corrected chi connectivity index (χ3v) is 8.08. The van der Waals surface area contributed by atoms with Crippen LogP contribution in [0.4, 0.5) is 0 Å². The van der Waals surface area contributed by atoms with Gasteiger partial charge in [0, 0.05) is 20.1 Å². The van der Waals surface area contributed by atoms with Crippen molar-refractivity contribution >= 4 is 11.9 Å². The molecule has 0 saturated heterocycles. The number of cyclic esters (lactones) is 1. The van der Waals surface area contributed by atoms with Gasteiger partial charge in [-0.2, -0.15) is 0 Å². The Labute approximate surface area is 249 Å². The molecule has 1 rings (SSSR count). The standard InChI is InChI=1S/C33H59NO7/c1-6-13-31-32(38)34-22-28(35)21-30(37)29(36)19-18-27(23-40-5)17-12-16-26(7-2)15-11-9-8-10-14-24(3)20-25(4)33(39)41-31/h12,16-17,24-26,28-31,35-37H,6-11,13-15,18-23H2,1-5H3,(H,34,38)/b16-12+,27-17-/t24-,25+,26-,28+,29-,30+,31?/m1/s1. The summed E-state index contributed by atoms with van der Waals surface area (Å²) in [5, 5.41) is 34.1. The summed E-state index contributed by atoms with van der Waals surface area (Å²) in [5.41, 5.74) is 1.03. The van der Waals surface area contributed by atoms with E-state index in [9.17, 15) is 24.9 Å². The summed E-state index contributed by atoms with van der Waals surface area (Å²) in [7, 11) is 1.64. The normalized spacial score (nSPS) is 33.7. The largest absolute Gasteiger partial charge is 0.452 e. The van der Waals surface area contributed by atoms with Crippen LogP contribution in [-0.2, 0) is 19.1 Å². The van der Waals surface area contributed by atoms with Crippen LogP contribution in [0.2, 0.25) is 0 Å². The van der Waals surface area contributed by atoms with Crippen molar-refractivity contribution < 1.29 is 34.4 Å². The van der Waals surface area contributed by atoms with E-state index in [4.69, 9.17) is 9.47 Å². The SMILES string of the molecule is CCCC1OC(=O)[C@@H](C)C[C@H](C)CCCCCC[C@@H](CC)/C=C/C=C(\COC)CC[C@@H](O)[C@@H](O)C[C@H](O)CNC1=O. The van der Waals surface area contributed by atoms with Crippen molar-refractivity contribution in [3.63, 3.8) is 0 Å². The Kier molecular flexibility index (Phi) is 19.9. The smallest absolute Gasteiger partial charge is 0.309 e. The van der Waals surface area contributed by atoms with Gasteiger partial charge in [0.15, 0.2) is 6.10 Å². The lowest BCUT2D eigenvalue weighted by molar-refractivity contribution is -0.160. The average Bonchev–Trinajstić information content (AvgIpc) is 2.94. The summed E-state index contributed by atoms with van der Waals surface area (Å²) in [5.74, 6) is -0.208. The zero-order valence-electron chi connectivity index (χ0n) is 26.4. The molecule has 0 aromatic rings. The number of allylic oxidation sites excluding steroid dienone is 3. The number of aliphatic hydroxyl groups is 3. The van der Waals surface area contributed by atoms with E-state index in [1.54, 1.807) is 7.11 Å². The van der Waals surface area contributed by atoms with Crippen molar-refractivity contribution in [1.29, 1.82) is 0 Å². The highest BCUT2D eigenvalue weighted by atomic mass is 16.5. The molecule has 0 aromatic carbocycles. The Morgan fingerprint density at radius 2 is 1.68 bits per heavy atom. The van der Waals surface area contributed by atoms with E-state index in [1.165, 1.54) is 19.3 Å². The lowest BCUT2D eigenvalue weighted by atomic mass is 9.92. The number of ether oxygens (including phenoxy) is 2. The molecule has 238 valence electrons.